The van der Waals surface area contributed by atoms with Gasteiger partial charge in [0.2, 0.25) is 0 Å². The fourth-order valence-electron chi connectivity index (χ4n) is 6.72. The molecule has 3 N–H and O–H groups in total. The van der Waals surface area contributed by atoms with Crippen molar-refractivity contribution in [1.82, 2.24) is 5.48 Å². The molecule has 0 spiro atoms. The number of nitrogens with two attached hydrogens (primary N) is 1. The fraction of sp³-hybridized carbons (Fsp3) is 0.810. The zero-order valence-electron chi connectivity index (χ0n) is 16.1. The van der Waals surface area contributed by atoms with E-state index >= 15 is 0 Å². The molecule has 6 unspecified atom stereocenters. The van der Waals surface area contributed by atoms with E-state index in [9.17, 15) is 9.59 Å². The highest BCUT2D eigenvalue weighted by molar-refractivity contribution is 5.88. The summed E-state index contributed by atoms with van der Waals surface area (Å²) in [6, 6.07) is 0. The number of carbonyl (C=O) groups excluding carboxylic acids is 2. The highest BCUT2D eigenvalue weighted by Gasteiger charge is 2.61. The number of fused-ring (bicyclic) bond motifs is 5. The fourth-order valence-corrected chi connectivity index (χ4v) is 6.72. The molecule has 3 fully saturated rings. The number of rotatable bonds is 4. The number of hydroxylamine groups is 1. The number of Topliss-reactive ketones (excluding diaryl/α,β-unsaturated/α-hetero) is 2. The molecule has 4 rings (SSSR count). The highest BCUT2D eigenvalue weighted by atomic mass is 16.6. The van der Waals surface area contributed by atoms with Gasteiger partial charge in [-0.25, -0.2) is 0 Å². The molecular weight excluding hydrogens is 328 g/mol. The van der Waals surface area contributed by atoms with Gasteiger partial charge in [-0.1, -0.05) is 19.9 Å². The average molecular weight is 360 g/mol. The predicted molar refractivity (Wildman–Crippen MR) is 98.7 cm³/mol. The van der Waals surface area contributed by atoms with Crippen LogP contribution in [0.2, 0.25) is 0 Å². The van der Waals surface area contributed by atoms with Crippen molar-refractivity contribution in [3.8, 4) is 0 Å². The molecule has 5 heteroatoms. The zero-order valence-corrected chi connectivity index (χ0v) is 16.1. The third kappa shape index (κ3) is 2.58. The largest absolute Gasteiger partial charge is 0.328 e. The molecule has 0 aromatic heterocycles. The van der Waals surface area contributed by atoms with E-state index in [4.69, 9.17) is 10.6 Å². The van der Waals surface area contributed by atoms with Crippen molar-refractivity contribution in [3.63, 3.8) is 0 Å². The Balaban J connectivity index is 1.58. The maximum absolute atomic E-state index is 13.1. The van der Waals surface area contributed by atoms with Crippen LogP contribution in [0.4, 0.5) is 0 Å². The summed E-state index contributed by atoms with van der Waals surface area (Å²) in [6.45, 7) is 5.43. The summed E-state index contributed by atoms with van der Waals surface area (Å²) in [7, 11) is 0. The Bertz CT molecular complexity index is 645. The smallest absolute Gasteiger partial charge is 0.140 e. The van der Waals surface area contributed by atoms with Crippen molar-refractivity contribution in [2.75, 3.05) is 13.2 Å². The standard InChI is InChI=1S/C21H32N2O3/c1-20-7-5-13(23-26-10-9-22)11-17(20)18(24)12-14-15-3-4-19(25)21(15,2)8-6-16(14)20/h11,14-17,23H,3-10,12,22H2,1-2H3. The summed E-state index contributed by atoms with van der Waals surface area (Å²) in [5, 5.41) is 0. The number of hydrogen-bond acceptors (Lipinski definition) is 5. The Morgan fingerprint density at radius 2 is 2.00 bits per heavy atom. The van der Waals surface area contributed by atoms with Gasteiger partial charge in [-0.3, -0.25) is 19.9 Å². The minimum atomic E-state index is -0.169. The Morgan fingerprint density at radius 3 is 2.77 bits per heavy atom. The summed E-state index contributed by atoms with van der Waals surface area (Å²) in [6.07, 6.45) is 8.47. The third-order valence-electron chi connectivity index (χ3n) is 8.21. The summed E-state index contributed by atoms with van der Waals surface area (Å²) >= 11 is 0. The minimum absolute atomic E-state index is 0.0199. The van der Waals surface area contributed by atoms with Crippen LogP contribution < -0.4 is 11.2 Å². The molecule has 0 aromatic rings. The molecule has 0 bridgehead atoms. The van der Waals surface area contributed by atoms with Crippen molar-refractivity contribution in [2.24, 2.45) is 40.2 Å². The summed E-state index contributed by atoms with van der Waals surface area (Å²) in [5.74, 6) is 2.13. The first-order valence-corrected chi connectivity index (χ1v) is 10.2. The van der Waals surface area contributed by atoms with Crippen LogP contribution in [0.5, 0.6) is 0 Å². The Labute approximate surface area is 156 Å². The van der Waals surface area contributed by atoms with E-state index < -0.39 is 0 Å². The van der Waals surface area contributed by atoms with E-state index in [2.05, 4.69) is 25.4 Å². The molecule has 0 aromatic carbocycles. The lowest BCUT2D eigenvalue weighted by atomic mass is 9.46. The quantitative estimate of drug-likeness (QED) is 0.595. The molecule has 0 aliphatic heterocycles. The molecule has 3 saturated carbocycles. The van der Waals surface area contributed by atoms with Crippen molar-refractivity contribution >= 4 is 11.6 Å². The van der Waals surface area contributed by atoms with Gasteiger partial charge in [0, 0.05) is 36.4 Å². The van der Waals surface area contributed by atoms with Gasteiger partial charge >= 0.3 is 0 Å². The molecule has 4 aliphatic carbocycles. The van der Waals surface area contributed by atoms with E-state index in [1.165, 1.54) is 0 Å². The first kappa shape index (κ1) is 18.2. The number of carbonyl (C=O) groups is 2. The van der Waals surface area contributed by atoms with Crippen LogP contribution in [-0.4, -0.2) is 24.7 Å². The first-order valence-electron chi connectivity index (χ1n) is 10.2. The van der Waals surface area contributed by atoms with Crippen LogP contribution in [0, 0.1) is 34.5 Å². The minimum Gasteiger partial charge on any atom is -0.328 e. The van der Waals surface area contributed by atoms with E-state index in [1.807, 2.05) is 0 Å². The van der Waals surface area contributed by atoms with Crippen molar-refractivity contribution in [1.29, 1.82) is 0 Å². The molecule has 0 heterocycles. The van der Waals surface area contributed by atoms with E-state index in [0.29, 0.717) is 55.3 Å². The Hall–Kier alpha value is -1.20. The summed E-state index contributed by atoms with van der Waals surface area (Å²) < 4.78 is 0. The zero-order chi connectivity index (χ0) is 18.5. The first-order chi connectivity index (χ1) is 12.4. The molecule has 0 saturated heterocycles. The van der Waals surface area contributed by atoms with Crippen LogP contribution in [0.3, 0.4) is 0 Å². The Morgan fingerprint density at radius 1 is 1.19 bits per heavy atom. The van der Waals surface area contributed by atoms with Gasteiger partial charge in [0.05, 0.1) is 6.61 Å². The molecule has 4 aliphatic rings. The van der Waals surface area contributed by atoms with Crippen molar-refractivity contribution < 1.29 is 14.4 Å². The number of hydrogen-bond donors (Lipinski definition) is 2. The topological polar surface area (TPSA) is 81.4 Å². The van der Waals surface area contributed by atoms with Gasteiger partial charge in [-0.05, 0) is 55.3 Å². The normalized spacial score (nSPS) is 44.8. The van der Waals surface area contributed by atoms with E-state index in [-0.39, 0.29) is 16.7 Å². The second kappa shape index (κ2) is 6.45. The molecule has 0 amide bonds. The molecule has 0 radical (unpaired) electrons. The molecular formula is C21H32N2O3. The van der Waals surface area contributed by atoms with Crippen molar-refractivity contribution in [3.05, 3.63) is 11.8 Å². The molecule has 144 valence electrons. The summed E-state index contributed by atoms with van der Waals surface area (Å²) in [4.78, 5) is 31.0. The maximum Gasteiger partial charge on any atom is 0.140 e. The number of nitrogens with one attached hydrogen (secondary N) is 1. The summed E-state index contributed by atoms with van der Waals surface area (Å²) in [5.41, 5.74) is 9.33. The average Bonchev–Trinajstić information content (AvgIpc) is 2.92. The van der Waals surface area contributed by atoms with Gasteiger partial charge in [-0.15, -0.1) is 0 Å². The van der Waals surface area contributed by atoms with Gasteiger partial charge in [0.15, 0.2) is 0 Å². The van der Waals surface area contributed by atoms with Crippen molar-refractivity contribution in [2.45, 2.75) is 58.8 Å². The second-order valence-corrected chi connectivity index (χ2v) is 9.38. The molecule has 5 nitrogen and oxygen atoms in total. The Kier molecular flexibility index (Phi) is 4.51. The second-order valence-electron chi connectivity index (χ2n) is 9.38. The lowest BCUT2D eigenvalue weighted by Crippen LogP contribution is -2.55. The third-order valence-corrected chi connectivity index (χ3v) is 8.21. The van der Waals surface area contributed by atoms with Crippen LogP contribution in [0.1, 0.15) is 58.8 Å². The van der Waals surface area contributed by atoms with Gasteiger partial charge < -0.3 is 5.73 Å². The highest BCUT2D eigenvalue weighted by Crippen LogP contribution is 2.64. The monoisotopic (exact) mass is 360 g/mol. The number of ketones is 2. The van der Waals surface area contributed by atoms with Crippen LogP contribution in [-0.2, 0) is 14.4 Å². The molecule has 6 atom stereocenters. The van der Waals surface area contributed by atoms with Gasteiger partial charge in [0.25, 0.3) is 0 Å². The lowest BCUT2D eigenvalue weighted by Gasteiger charge is -2.57. The predicted octanol–water partition coefficient (Wildman–Crippen LogP) is 2.75. The number of allylic oxidation sites excluding steroid dienone is 2. The van der Waals surface area contributed by atoms with Gasteiger partial charge in [0.1, 0.15) is 11.6 Å². The van der Waals surface area contributed by atoms with Gasteiger partial charge in [-0.2, -0.15) is 0 Å². The maximum atomic E-state index is 13.1. The lowest BCUT2D eigenvalue weighted by molar-refractivity contribution is -0.149. The van der Waals surface area contributed by atoms with E-state index in [0.717, 1.165) is 37.8 Å². The SMILES string of the molecule is CC12CCC3C(CC(=O)C4C=C(NOCCN)CCC43C)C1CCC2=O. The van der Waals surface area contributed by atoms with Crippen LogP contribution >= 0.6 is 0 Å². The van der Waals surface area contributed by atoms with E-state index in [1.54, 1.807) is 0 Å². The van der Waals surface area contributed by atoms with Crippen LogP contribution in [0.15, 0.2) is 11.8 Å². The van der Waals surface area contributed by atoms with Crippen LogP contribution in [0.25, 0.3) is 0 Å². The molecule has 26 heavy (non-hydrogen) atoms.